The molecule has 0 aromatic rings. The summed E-state index contributed by atoms with van der Waals surface area (Å²) >= 11 is 0. The lowest BCUT2D eigenvalue weighted by atomic mass is 9.65. The van der Waals surface area contributed by atoms with Crippen LogP contribution in [-0.4, -0.2) is 153 Å². The van der Waals surface area contributed by atoms with Crippen molar-refractivity contribution in [2.75, 3.05) is 85.9 Å². The first-order chi connectivity index (χ1) is 44.7. The van der Waals surface area contributed by atoms with E-state index in [-0.39, 0.29) is 39.6 Å². The van der Waals surface area contributed by atoms with Gasteiger partial charge in [0.15, 0.2) is 18.4 Å². The van der Waals surface area contributed by atoms with Crippen LogP contribution in [-0.2, 0) is 66.3 Å². The lowest BCUT2D eigenvalue weighted by Crippen LogP contribution is -2.33. The van der Waals surface area contributed by atoms with Crippen LogP contribution in [0.2, 0.25) is 0 Å². The van der Waals surface area contributed by atoms with Crippen LogP contribution < -0.4 is 0 Å². The van der Waals surface area contributed by atoms with Gasteiger partial charge < -0.3 is 66.3 Å². The Hall–Kier alpha value is -1.21. The van der Waals surface area contributed by atoms with Gasteiger partial charge in [-0.15, -0.1) is 0 Å². The summed E-state index contributed by atoms with van der Waals surface area (Å²) < 4.78 is 72.9. The van der Waals surface area contributed by atoms with E-state index in [2.05, 4.69) is 99.5 Å². The molecule has 15 nitrogen and oxygen atoms in total. The summed E-state index contributed by atoms with van der Waals surface area (Å²) in [5.74, 6) is 8.37. The highest BCUT2D eigenvalue weighted by atomic mass is 16.8. The molecule has 2 bridgehead atoms. The Labute approximate surface area is 584 Å². The molecule has 7 saturated heterocycles. The van der Waals surface area contributed by atoms with Gasteiger partial charge in [-0.25, -0.2) is 4.79 Å². The van der Waals surface area contributed by atoms with Crippen molar-refractivity contribution >= 4 is 6.16 Å². The second kappa shape index (κ2) is 46.4. The van der Waals surface area contributed by atoms with Crippen molar-refractivity contribution in [3.63, 3.8) is 0 Å². The number of epoxide rings is 3. The van der Waals surface area contributed by atoms with Crippen molar-refractivity contribution in [2.45, 2.75) is 360 Å². The topological polar surface area (TPSA) is 156 Å². The van der Waals surface area contributed by atoms with Gasteiger partial charge in [0.1, 0.15) is 24.9 Å². The van der Waals surface area contributed by atoms with Crippen molar-refractivity contribution in [1.82, 2.24) is 0 Å². The largest absolute Gasteiger partial charge is 0.508 e. The number of cyclic esters (lactones) is 2. The monoisotopic (exact) mass is 1360 g/mol. The number of ether oxygens (including phenoxy) is 14. The van der Waals surface area contributed by atoms with Gasteiger partial charge in [0.05, 0.1) is 83.4 Å². The molecule has 14 rings (SSSR count). The van der Waals surface area contributed by atoms with Gasteiger partial charge in [-0.3, -0.25) is 0 Å². The maximum atomic E-state index is 10.2. The summed E-state index contributed by atoms with van der Waals surface area (Å²) in [4.78, 5) is 10.2. The Morgan fingerprint density at radius 3 is 1.61 bits per heavy atom. The summed E-state index contributed by atoms with van der Waals surface area (Å²) in [6.07, 6.45) is 37.7. The van der Waals surface area contributed by atoms with Crippen molar-refractivity contribution < 1.29 is 71.1 Å². The zero-order valence-corrected chi connectivity index (χ0v) is 63.0. The Balaban J connectivity index is 0.000000275. The summed E-state index contributed by atoms with van der Waals surface area (Å²) in [6, 6.07) is 0. The zero-order chi connectivity index (χ0) is 67.9. The molecule has 15 unspecified atom stereocenters. The first-order valence-corrected chi connectivity index (χ1v) is 39.0. The standard InChI is InChI=1S/C11H20O.C10H20O.C9H14O.C9H16.C8H16O3.C8H16.3C6H12O2.C5H8O3.2CH4/c1-4-8(2)9-5-6-11(3)10(7-9)12-11;1-3-8-11-9-10(4-2)6-5-7-10;1-2-5-3-6-4-7(5)9-8(6)10-9;1-2-7-3-4-8-6-9(8)5-7;1-4-9-5-7-6-10-8(2,3)11-7;1-3-8(4-2)6-5-7-8;1-5(2)6-7-3-4-8-6;1-2-3-7-4-6-5-8-6;1-2-3-6-7-4-5-8-6;1-2-4-3-7-5(6)8-4;;/h8-10H,4-7H2,1-3H3;3-9H2,1-2H3;5-9H,2-4H2,1H3;7-9H,2-6H2,1H3;7H,4-6H2,1-3H3;3-7H2,1-2H3;5-6H,3-4H2,1-2H3;2*6H,2-5H2,1H3;4H,2-3H2,1H3;2*1H4. The van der Waals surface area contributed by atoms with E-state index < -0.39 is 11.9 Å². The molecule has 15 atom stereocenters. The maximum Gasteiger partial charge on any atom is 0.508 e. The van der Waals surface area contributed by atoms with Crippen molar-refractivity contribution in [1.29, 1.82) is 0 Å². The first kappa shape index (κ1) is 88.0. The predicted molar refractivity (Wildman–Crippen MR) is 386 cm³/mol. The van der Waals surface area contributed by atoms with Crippen LogP contribution in [0, 0.1) is 64.1 Å². The van der Waals surface area contributed by atoms with Crippen LogP contribution in [0.3, 0.4) is 0 Å². The average molecular weight is 1360 g/mol. The van der Waals surface area contributed by atoms with Crippen LogP contribution in [0.1, 0.15) is 299 Å². The zero-order valence-electron chi connectivity index (χ0n) is 63.0. The van der Waals surface area contributed by atoms with Gasteiger partial charge in [0.2, 0.25) is 0 Å². The molecular formula is C80H154O15. The van der Waals surface area contributed by atoms with Crippen molar-refractivity contribution in [3.05, 3.63) is 0 Å². The summed E-state index contributed by atoms with van der Waals surface area (Å²) in [6.45, 7) is 47.0. The van der Waals surface area contributed by atoms with Gasteiger partial charge in [0, 0.05) is 25.7 Å². The highest BCUT2D eigenvalue weighted by Crippen LogP contribution is 2.59. The number of hydrogen-bond donors (Lipinski definition) is 0. The SMILES string of the molecule is C.C.CC(C)C1OCCO1.CCC(C)C1CCC2(C)OC2C1.CCC1(CC)CCC1.CCC1CC2CC1C1OC21.CCC1CCC2CC2C1.CCC1COC(=O)O1.CCCC1OCCO1.CCCOCC1(CC)CCC1.CCCOCC1CO1.CCOCC1COC(C)(C)O1. The van der Waals surface area contributed by atoms with Crippen LogP contribution in [0.15, 0.2) is 0 Å². The molecular weight excluding hydrogens is 1200 g/mol. The number of hydrogen-bond acceptors (Lipinski definition) is 15. The van der Waals surface area contributed by atoms with Gasteiger partial charge in [-0.05, 0) is 195 Å². The highest BCUT2D eigenvalue weighted by molar-refractivity contribution is 5.61. The Kier molecular flexibility index (Phi) is 43.0. The number of carbonyl (C=O) groups excluding carboxylic acids is 1. The van der Waals surface area contributed by atoms with Crippen LogP contribution in [0.4, 0.5) is 4.79 Å². The van der Waals surface area contributed by atoms with E-state index in [1.807, 2.05) is 27.7 Å². The lowest BCUT2D eigenvalue weighted by molar-refractivity contribution is -0.144. The molecule has 7 saturated carbocycles. The third kappa shape index (κ3) is 31.9. The molecule has 14 fully saturated rings. The molecule has 0 amide bonds. The minimum absolute atomic E-state index is 0. The fraction of sp³-hybridized carbons (Fsp3) is 0.988. The number of carbonyl (C=O) groups is 1. The third-order valence-corrected chi connectivity index (χ3v) is 23.0. The van der Waals surface area contributed by atoms with E-state index >= 15 is 0 Å². The van der Waals surface area contributed by atoms with E-state index in [0.29, 0.717) is 49.0 Å². The first-order valence-electron chi connectivity index (χ1n) is 39.0. The molecule has 15 heteroatoms. The predicted octanol–water partition coefficient (Wildman–Crippen LogP) is 20.0. The Morgan fingerprint density at radius 2 is 1.19 bits per heavy atom. The molecule has 14 aliphatic rings. The lowest BCUT2D eigenvalue weighted by Gasteiger charge is -2.40. The van der Waals surface area contributed by atoms with Crippen LogP contribution in [0.5, 0.6) is 0 Å². The van der Waals surface area contributed by atoms with Gasteiger partial charge in [-0.2, -0.15) is 0 Å². The quantitative estimate of drug-likeness (QED) is 0.0573. The van der Waals surface area contributed by atoms with E-state index in [9.17, 15) is 4.79 Å². The van der Waals surface area contributed by atoms with E-state index in [4.69, 9.17) is 56.8 Å². The van der Waals surface area contributed by atoms with Crippen molar-refractivity contribution in [3.8, 4) is 0 Å². The second-order valence-corrected chi connectivity index (χ2v) is 30.8. The van der Waals surface area contributed by atoms with Gasteiger partial charge in [-0.1, -0.05) is 163 Å². The molecule has 0 aromatic carbocycles. The molecule has 95 heavy (non-hydrogen) atoms. The molecule has 7 heterocycles. The fourth-order valence-corrected chi connectivity index (χ4v) is 15.1. The molecule has 7 aliphatic carbocycles. The minimum atomic E-state index is -0.531. The molecule has 0 aromatic heterocycles. The van der Waals surface area contributed by atoms with Crippen LogP contribution in [0.25, 0.3) is 0 Å². The number of rotatable bonds is 22. The van der Waals surface area contributed by atoms with Gasteiger partial charge in [0.25, 0.3) is 0 Å². The van der Waals surface area contributed by atoms with Gasteiger partial charge >= 0.3 is 6.16 Å². The van der Waals surface area contributed by atoms with Crippen LogP contribution >= 0.6 is 0 Å². The van der Waals surface area contributed by atoms with Crippen molar-refractivity contribution in [2.24, 2.45) is 64.1 Å². The van der Waals surface area contributed by atoms with E-state index in [1.54, 1.807) is 19.3 Å². The summed E-state index contributed by atoms with van der Waals surface area (Å²) in [7, 11) is 0. The molecule has 7 aliphatic heterocycles. The van der Waals surface area contributed by atoms with E-state index in [0.717, 1.165) is 151 Å². The average Bonchev–Trinajstić information content (AvgIpc) is 1.57. The minimum Gasteiger partial charge on any atom is -0.430 e. The highest BCUT2D eigenvalue weighted by Gasteiger charge is 2.62. The molecule has 0 radical (unpaired) electrons. The summed E-state index contributed by atoms with van der Waals surface area (Å²) in [5, 5.41) is 0. The molecule has 564 valence electrons. The molecule has 0 spiro atoms. The number of fused-ring (bicyclic) bond motifs is 7. The smallest absolute Gasteiger partial charge is 0.430 e. The Morgan fingerprint density at radius 1 is 0.558 bits per heavy atom. The van der Waals surface area contributed by atoms with E-state index in [1.165, 1.54) is 127 Å². The third-order valence-electron chi connectivity index (χ3n) is 23.0. The maximum absolute atomic E-state index is 10.2. The summed E-state index contributed by atoms with van der Waals surface area (Å²) in [5.41, 5.74) is 1.71. The Bertz CT molecular complexity index is 1900. The second-order valence-electron chi connectivity index (χ2n) is 30.8. The molecule has 0 N–H and O–H groups in total. The normalized spacial score (nSPS) is 33.5. The fourth-order valence-electron chi connectivity index (χ4n) is 15.1.